The van der Waals surface area contributed by atoms with Crippen LogP contribution < -0.4 is 11.0 Å². The minimum atomic E-state index is -4.03. The Bertz CT molecular complexity index is 1380. The Balaban J connectivity index is 2.48. The smallest absolute Gasteiger partial charge is 0.283 e. The number of rotatable bonds is 4. The zero-order valence-corrected chi connectivity index (χ0v) is 16.8. The third-order valence-corrected chi connectivity index (χ3v) is 5.64. The number of hydrogen-bond donors (Lipinski definition) is 1. The molecule has 0 spiro atoms. The Morgan fingerprint density at radius 2 is 1.90 bits per heavy atom. The number of nitrogens with zero attached hydrogens (tertiary/aromatic N) is 3. The summed E-state index contributed by atoms with van der Waals surface area (Å²) in [4.78, 5) is 24.6. The van der Waals surface area contributed by atoms with Crippen molar-refractivity contribution in [3.05, 3.63) is 62.3 Å². The van der Waals surface area contributed by atoms with Crippen LogP contribution in [0.25, 0.3) is 16.8 Å². The van der Waals surface area contributed by atoms with Crippen LogP contribution in [-0.4, -0.2) is 34.1 Å². The molecule has 0 saturated carbocycles. The van der Waals surface area contributed by atoms with Crippen LogP contribution in [0.4, 0.5) is 8.78 Å². The fourth-order valence-electron chi connectivity index (χ4n) is 3.17. The predicted molar refractivity (Wildman–Crippen MR) is 103 cm³/mol. The first-order valence-corrected chi connectivity index (χ1v) is 10.3. The zero-order chi connectivity index (χ0) is 21.7. The fourth-order valence-corrected chi connectivity index (χ4v) is 4.08. The number of aromatic amines is 1. The first-order chi connectivity index (χ1) is 13.4. The standard InChI is InChI=1S/C18H18F2N4O4S/c1-5-8-18(19,20)11-6-7-12(13(9-11)29(4,27)28)14-15(25)17(26)23(3)24-10(2)21-22-16(14)24/h5-9,22H,1-4H3. The van der Waals surface area contributed by atoms with Gasteiger partial charge in [-0.2, -0.15) is 13.9 Å². The van der Waals surface area contributed by atoms with Crippen LogP contribution in [0.5, 0.6) is 0 Å². The molecule has 0 unspecified atom stereocenters. The summed E-state index contributed by atoms with van der Waals surface area (Å²) in [5.74, 6) is -3.06. The summed E-state index contributed by atoms with van der Waals surface area (Å²) in [6.45, 7) is 2.99. The highest BCUT2D eigenvalue weighted by molar-refractivity contribution is 7.90. The fraction of sp³-hybridized carbons (Fsp3) is 0.278. The lowest BCUT2D eigenvalue weighted by Gasteiger charge is -2.16. The van der Waals surface area contributed by atoms with Gasteiger partial charge in [0.25, 0.3) is 11.4 Å². The summed E-state index contributed by atoms with van der Waals surface area (Å²) in [5.41, 5.74) is -2.78. The van der Waals surface area contributed by atoms with Crippen LogP contribution in [0.15, 0.2) is 44.8 Å². The summed E-state index contributed by atoms with van der Waals surface area (Å²) in [7, 11) is -2.67. The highest BCUT2D eigenvalue weighted by atomic mass is 32.2. The molecule has 0 bridgehead atoms. The van der Waals surface area contributed by atoms with Crippen molar-refractivity contribution >= 4 is 15.5 Å². The van der Waals surface area contributed by atoms with Crippen LogP contribution in [0.3, 0.4) is 0 Å². The van der Waals surface area contributed by atoms with Crippen LogP contribution in [-0.2, 0) is 22.8 Å². The molecular weight excluding hydrogens is 406 g/mol. The van der Waals surface area contributed by atoms with Crippen LogP contribution in [0.2, 0.25) is 0 Å². The number of allylic oxidation sites excluding steroid dienone is 2. The van der Waals surface area contributed by atoms with Crippen molar-refractivity contribution in [1.29, 1.82) is 0 Å². The molecule has 0 aliphatic heterocycles. The van der Waals surface area contributed by atoms with E-state index in [1.807, 2.05) is 0 Å². The SMILES string of the molecule is CC=CC(F)(F)c1ccc(-c2c(=O)c(=O)n(C)n3c(C)n[nH]c23)c(S(C)(=O)=O)c1. The first-order valence-electron chi connectivity index (χ1n) is 8.43. The van der Waals surface area contributed by atoms with Crippen LogP contribution in [0, 0.1) is 6.92 Å². The number of halogens is 2. The van der Waals surface area contributed by atoms with Gasteiger partial charge in [-0.25, -0.2) is 17.6 Å². The lowest BCUT2D eigenvalue weighted by atomic mass is 10.0. The molecule has 1 aromatic carbocycles. The highest BCUT2D eigenvalue weighted by Gasteiger charge is 2.31. The van der Waals surface area contributed by atoms with E-state index >= 15 is 0 Å². The van der Waals surface area contributed by atoms with Gasteiger partial charge in [0.1, 0.15) is 5.82 Å². The molecule has 0 aliphatic carbocycles. The molecule has 154 valence electrons. The second kappa shape index (κ2) is 6.76. The second-order valence-corrected chi connectivity index (χ2v) is 8.55. The van der Waals surface area contributed by atoms with Gasteiger partial charge in [-0.05, 0) is 26.0 Å². The molecule has 8 nitrogen and oxygen atoms in total. The maximum Gasteiger partial charge on any atom is 0.313 e. The molecule has 0 aliphatic rings. The molecule has 0 fully saturated rings. The molecule has 0 saturated heterocycles. The van der Waals surface area contributed by atoms with Gasteiger partial charge >= 0.3 is 5.56 Å². The summed E-state index contributed by atoms with van der Waals surface area (Å²) in [5, 5.41) is 6.57. The Kier molecular flexibility index (Phi) is 4.81. The molecule has 0 radical (unpaired) electrons. The van der Waals surface area contributed by atoms with Crippen LogP contribution in [0.1, 0.15) is 18.3 Å². The maximum atomic E-state index is 14.3. The van der Waals surface area contributed by atoms with E-state index in [0.29, 0.717) is 11.9 Å². The Labute approximate surface area is 164 Å². The van der Waals surface area contributed by atoms with E-state index < -0.39 is 37.2 Å². The number of aromatic nitrogens is 4. The molecule has 0 atom stereocenters. The number of H-pyrrole nitrogens is 1. The molecule has 29 heavy (non-hydrogen) atoms. The van der Waals surface area contributed by atoms with Crippen molar-refractivity contribution in [2.75, 3.05) is 6.26 Å². The van der Waals surface area contributed by atoms with E-state index in [1.165, 1.54) is 18.5 Å². The maximum absolute atomic E-state index is 14.3. The largest absolute Gasteiger partial charge is 0.313 e. The van der Waals surface area contributed by atoms with E-state index in [2.05, 4.69) is 10.2 Å². The minimum Gasteiger partial charge on any atom is -0.283 e. The third kappa shape index (κ3) is 3.31. The number of benzene rings is 1. The van der Waals surface area contributed by atoms with Gasteiger partial charge in [0.05, 0.1) is 10.5 Å². The summed E-state index contributed by atoms with van der Waals surface area (Å²) in [6.07, 6.45) is 2.63. The average Bonchev–Trinajstić information content (AvgIpc) is 3.00. The van der Waals surface area contributed by atoms with E-state index in [1.54, 1.807) is 6.92 Å². The quantitative estimate of drug-likeness (QED) is 0.508. The van der Waals surface area contributed by atoms with Gasteiger partial charge in [0.2, 0.25) is 0 Å². The normalized spacial score (nSPS) is 12.9. The van der Waals surface area contributed by atoms with Gasteiger partial charge in [-0.15, -0.1) is 0 Å². The number of nitrogens with one attached hydrogen (secondary N) is 1. The Hall–Kier alpha value is -3.08. The molecule has 3 aromatic rings. The van der Waals surface area contributed by atoms with Crippen molar-refractivity contribution < 1.29 is 17.2 Å². The van der Waals surface area contributed by atoms with Crippen molar-refractivity contribution in [3.8, 4) is 11.1 Å². The number of alkyl halides is 2. The van der Waals surface area contributed by atoms with E-state index in [9.17, 15) is 26.8 Å². The third-order valence-electron chi connectivity index (χ3n) is 4.51. The minimum absolute atomic E-state index is 0.0764. The molecule has 11 heteroatoms. The number of fused-ring (bicyclic) bond motifs is 1. The molecule has 0 amide bonds. The van der Waals surface area contributed by atoms with Gasteiger partial charge in [-0.1, -0.05) is 18.2 Å². The second-order valence-electron chi connectivity index (χ2n) is 6.57. The number of sulfone groups is 1. The monoisotopic (exact) mass is 424 g/mol. The van der Waals surface area contributed by atoms with Gasteiger partial charge < -0.3 is 0 Å². The Morgan fingerprint density at radius 1 is 1.24 bits per heavy atom. The molecule has 1 N–H and O–H groups in total. The molecule has 2 aromatic heterocycles. The van der Waals surface area contributed by atoms with E-state index in [0.717, 1.165) is 35.2 Å². The molecular formula is C18H18F2N4O4S. The summed E-state index contributed by atoms with van der Waals surface area (Å²) >= 11 is 0. The van der Waals surface area contributed by atoms with Crippen molar-refractivity contribution in [1.82, 2.24) is 19.4 Å². The zero-order valence-electron chi connectivity index (χ0n) is 16.0. The van der Waals surface area contributed by atoms with Gasteiger partial charge in [0.15, 0.2) is 15.5 Å². The predicted octanol–water partition coefficient (Wildman–Crippen LogP) is 1.77. The van der Waals surface area contributed by atoms with Crippen molar-refractivity contribution in [2.45, 2.75) is 24.7 Å². The highest BCUT2D eigenvalue weighted by Crippen LogP contribution is 2.35. The average molecular weight is 424 g/mol. The number of aryl methyl sites for hydroxylation is 2. The first kappa shape index (κ1) is 20.6. The van der Waals surface area contributed by atoms with Crippen LogP contribution >= 0.6 is 0 Å². The van der Waals surface area contributed by atoms with Gasteiger partial charge in [-0.3, -0.25) is 14.7 Å². The Morgan fingerprint density at radius 3 is 2.48 bits per heavy atom. The van der Waals surface area contributed by atoms with Crippen molar-refractivity contribution in [2.24, 2.45) is 7.05 Å². The molecule has 3 rings (SSSR count). The van der Waals surface area contributed by atoms with Crippen molar-refractivity contribution in [3.63, 3.8) is 0 Å². The lowest BCUT2D eigenvalue weighted by Crippen LogP contribution is -2.37. The molecule has 2 heterocycles. The number of hydrogen-bond acceptors (Lipinski definition) is 5. The summed E-state index contributed by atoms with van der Waals surface area (Å²) in [6, 6.07) is 2.96. The van der Waals surface area contributed by atoms with E-state index in [-0.39, 0.29) is 16.8 Å². The van der Waals surface area contributed by atoms with Gasteiger partial charge in [0, 0.05) is 24.4 Å². The summed E-state index contributed by atoms with van der Waals surface area (Å²) < 4.78 is 55.7. The lowest BCUT2D eigenvalue weighted by molar-refractivity contribution is 0.0518. The topological polar surface area (TPSA) is 106 Å². The van der Waals surface area contributed by atoms with E-state index in [4.69, 9.17) is 0 Å².